The summed E-state index contributed by atoms with van der Waals surface area (Å²) in [6.07, 6.45) is 2.03. The molecule has 0 spiro atoms. The highest BCUT2D eigenvalue weighted by Crippen LogP contribution is 2.34. The maximum Gasteiger partial charge on any atom is 0.230 e. The second kappa shape index (κ2) is 5.14. The van der Waals surface area contributed by atoms with Crippen LogP contribution in [0.4, 0.5) is 0 Å². The molecule has 1 aliphatic rings. The Morgan fingerprint density at radius 1 is 1.53 bits per heavy atom. The number of nitrogens with one attached hydrogen (secondary N) is 1. The summed E-state index contributed by atoms with van der Waals surface area (Å²) in [5.74, 6) is 1.62. The molecule has 1 aromatic rings. The van der Waals surface area contributed by atoms with Crippen molar-refractivity contribution in [2.75, 3.05) is 19.7 Å². The Balaban J connectivity index is 2.05. The Morgan fingerprint density at radius 3 is 3.00 bits per heavy atom. The predicted molar refractivity (Wildman–Crippen MR) is 63.8 cm³/mol. The summed E-state index contributed by atoms with van der Waals surface area (Å²) < 4.78 is 11.0. The number of likely N-dealkylation sites (N-methyl/N-ethyl adjacent to an activating group) is 1. The minimum atomic E-state index is -0.348. The van der Waals surface area contributed by atoms with Crippen molar-refractivity contribution >= 4 is 0 Å². The lowest BCUT2D eigenvalue weighted by Crippen LogP contribution is -2.22. The number of hydrogen-bond acceptors (Lipinski definition) is 5. The van der Waals surface area contributed by atoms with Crippen LogP contribution < -0.4 is 5.32 Å². The van der Waals surface area contributed by atoms with Crippen molar-refractivity contribution in [3.63, 3.8) is 0 Å². The van der Waals surface area contributed by atoms with Crippen LogP contribution in [0.15, 0.2) is 4.52 Å². The molecule has 0 radical (unpaired) electrons. The lowest BCUT2D eigenvalue weighted by molar-refractivity contribution is 0.00768. The van der Waals surface area contributed by atoms with Gasteiger partial charge in [-0.05, 0) is 26.3 Å². The largest absolute Gasteiger partial charge is 0.367 e. The third-order valence-corrected chi connectivity index (χ3v) is 3.26. The number of nitrogens with zero attached hydrogens (tertiary/aromatic N) is 2. The molecule has 0 saturated carbocycles. The highest BCUT2D eigenvalue weighted by Gasteiger charge is 2.36. The van der Waals surface area contributed by atoms with Gasteiger partial charge >= 0.3 is 0 Å². The van der Waals surface area contributed by atoms with E-state index in [1.54, 1.807) is 0 Å². The van der Waals surface area contributed by atoms with Crippen LogP contribution >= 0.6 is 0 Å². The summed E-state index contributed by atoms with van der Waals surface area (Å²) in [4.78, 5) is 4.47. The molecule has 1 fully saturated rings. The summed E-state index contributed by atoms with van der Waals surface area (Å²) in [5, 5.41) is 7.34. The third-order valence-electron chi connectivity index (χ3n) is 3.26. The standard InChI is InChI=1S/C12H21N3O2/c1-4-13-8-9(2)10-14-11(15-17-10)12(3)6-5-7-16-12/h9,13H,4-8H2,1-3H3. The maximum absolute atomic E-state index is 5.70. The van der Waals surface area contributed by atoms with Crippen LogP contribution in [0.1, 0.15) is 51.2 Å². The quantitative estimate of drug-likeness (QED) is 0.849. The molecule has 5 heteroatoms. The van der Waals surface area contributed by atoms with E-state index in [1.807, 2.05) is 6.92 Å². The summed E-state index contributed by atoms with van der Waals surface area (Å²) in [6, 6.07) is 0. The number of aromatic nitrogens is 2. The van der Waals surface area contributed by atoms with E-state index < -0.39 is 0 Å². The van der Waals surface area contributed by atoms with Gasteiger partial charge in [0.2, 0.25) is 11.7 Å². The van der Waals surface area contributed by atoms with Crippen LogP contribution in [0.3, 0.4) is 0 Å². The van der Waals surface area contributed by atoms with Crippen LogP contribution in [-0.2, 0) is 10.3 Å². The molecule has 0 aromatic carbocycles. The van der Waals surface area contributed by atoms with Crippen molar-refractivity contribution < 1.29 is 9.26 Å². The fourth-order valence-corrected chi connectivity index (χ4v) is 2.05. The zero-order valence-electron chi connectivity index (χ0n) is 10.8. The van der Waals surface area contributed by atoms with E-state index in [4.69, 9.17) is 9.26 Å². The summed E-state index contributed by atoms with van der Waals surface area (Å²) >= 11 is 0. The van der Waals surface area contributed by atoms with E-state index in [-0.39, 0.29) is 11.5 Å². The lowest BCUT2D eigenvalue weighted by Gasteiger charge is -2.17. The predicted octanol–water partition coefficient (Wildman–Crippen LogP) is 1.81. The van der Waals surface area contributed by atoms with Crippen molar-refractivity contribution in [3.05, 3.63) is 11.7 Å². The SMILES string of the molecule is CCNCC(C)c1nc(C2(C)CCCO2)no1. The van der Waals surface area contributed by atoms with Gasteiger partial charge in [0.05, 0.1) is 0 Å². The normalized spacial score (nSPS) is 26.3. The first kappa shape index (κ1) is 12.5. The van der Waals surface area contributed by atoms with Gasteiger partial charge < -0.3 is 14.6 Å². The smallest absolute Gasteiger partial charge is 0.230 e. The number of hydrogen-bond donors (Lipinski definition) is 1. The fourth-order valence-electron chi connectivity index (χ4n) is 2.05. The molecule has 96 valence electrons. The highest BCUT2D eigenvalue weighted by atomic mass is 16.5. The van der Waals surface area contributed by atoms with Crippen molar-refractivity contribution in [3.8, 4) is 0 Å². The van der Waals surface area contributed by atoms with Gasteiger partial charge in [0.15, 0.2) is 0 Å². The van der Waals surface area contributed by atoms with Gasteiger partial charge in [-0.3, -0.25) is 0 Å². The molecule has 0 aliphatic carbocycles. The van der Waals surface area contributed by atoms with E-state index in [9.17, 15) is 0 Å². The molecule has 2 atom stereocenters. The van der Waals surface area contributed by atoms with Crippen LogP contribution in [0.2, 0.25) is 0 Å². The zero-order valence-corrected chi connectivity index (χ0v) is 10.8. The van der Waals surface area contributed by atoms with E-state index >= 15 is 0 Å². The molecule has 0 bridgehead atoms. The van der Waals surface area contributed by atoms with E-state index in [2.05, 4.69) is 29.3 Å². The molecule has 5 nitrogen and oxygen atoms in total. The van der Waals surface area contributed by atoms with Gasteiger partial charge in [-0.1, -0.05) is 19.0 Å². The third kappa shape index (κ3) is 2.66. The maximum atomic E-state index is 5.70. The molecule has 1 aromatic heterocycles. The first-order chi connectivity index (χ1) is 8.15. The monoisotopic (exact) mass is 239 g/mol. The molecule has 1 saturated heterocycles. The second-order valence-corrected chi connectivity index (χ2v) is 4.85. The summed E-state index contributed by atoms with van der Waals surface area (Å²) in [6.45, 7) is 8.79. The molecule has 2 rings (SSSR count). The number of ether oxygens (including phenoxy) is 1. The van der Waals surface area contributed by atoms with Crippen LogP contribution in [0.25, 0.3) is 0 Å². The summed E-state index contributed by atoms with van der Waals surface area (Å²) in [7, 11) is 0. The molecule has 0 amide bonds. The van der Waals surface area contributed by atoms with Crippen molar-refractivity contribution in [2.45, 2.75) is 45.1 Å². The Hall–Kier alpha value is -0.940. The van der Waals surface area contributed by atoms with Crippen molar-refractivity contribution in [1.29, 1.82) is 0 Å². The Bertz CT molecular complexity index is 358. The molecular weight excluding hydrogens is 218 g/mol. The van der Waals surface area contributed by atoms with Crippen molar-refractivity contribution in [2.24, 2.45) is 0 Å². The second-order valence-electron chi connectivity index (χ2n) is 4.85. The van der Waals surface area contributed by atoms with Crippen LogP contribution in [0.5, 0.6) is 0 Å². The van der Waals surface area contributed by atoms with Gasteiger partial charge in [0.25, 0.3) is 0 Å². The molecule has 1 N–H and O–H groups in total. The Kier molecular flexibility index (Phi) is 3.79. The van der Waals surface area contributed by atoms with Crippen molar-refractivity contribution in [1.82, 2.24) is 15.5 Å². The molecule has 2 heterocycles. The zero-order chi connectivity index (χ0) is 12.3. The first-order valence-electron chi connectivity index (χ1n) is 6.34. The number of rotatable bonds is 5. The van der Waals surface area contributed by atoms with Gasteiger partial charge in [0.1, 0.15) is 5.60 Å². The Labute approximate surface area is 102 Å². The van der Waals surface area contributed by atoms with E-state index in [0.717, 1.165) is 32.5 Å². The van der Waals surface area contributed by atoms with E-state index in [1.165, 1.54) is 0 Å². The Morgan fingerprint density at radius 2 is 2.35 bits per heavy atom. The van der Waals surface area contributed by atoms with Gasteiger partial charge in [-0.25, -0.2) is 0 Å². The van der Waals surface area contributed by atoms with E-state index in [0.29, 0.717) is 11.7 Å². The first-order valence-corrected chi connectivity index (χ1v) is 6.34. The molecule has 2 unspecified atom stereocenters. The fraction of sp³-hybridized carbons (Fsp3) is 0.833. The average molecular weight is 239 g/mol. The average Bonchev–Trinajstić information content (AvgIpc) is 2.95. The van der Waals surface area contributed by atoms with Gasteiger partial charge in [-0.15, -0.1) is 0 Å². The van der Waals surface area contributed by atoms with Crippen LogP contribution in [-0.4, -0.2) is 29.8 Å². The van der Waals surface area contributed by atoms with Gasteiger partial charge in [-0.2, -0.15) is 4.98 Å². The minimum absolute atomic E-state index is 0.237. The minimum Gasteiger partial charge on any atom is -0.367 e. The lowest BCUT2D eigenvalue weighted by atomic mass is 10.0. The molecule has 1 aliphatic heterocycles. The molecule has 17 heavy (non-hydrogen) atoms. The highest BCUT2D eigenvalue weighted by molar-refractivity contribution is 5.03. The van der Waals surface area contributed by atoms with Crippen LogP contribution in [0, 0.1) is 0 Å². The molecular formula is C12H21N3O2. The summed E-state index contributed by atoms with van der Waals surface area (Å²) in [5.41, 5.74) is -0.348. The van der Waals surface area contributed by atoms with Gasteiger partial charge in [0, 0.05) is 19.1 Å². The topological polar surface area (TPSA) is 60.2 Å².